The van der Waals surface area contributed by atoms with Gasteiger partial charge < -0.3 is 4.90 Å². The average Bonchev–Trinajstić information content (AvgIpc) is 2.57. The summed E-state index contributed by atoms with van der Waals surface area (Å²) in [4.78, 5) is 5.90. The van der Waals surface area contributed by atoms with Gasteiger partial charge in [0.25, 0.3) is 0 Å². The molecule has 0 spiro atoms. The van der Waals surface area contributed by atoms with Crippen molar-refractivity contribution in [2.45, 2.75) is 31.1 Å². The van der Waals surface area contributed by atoms with Crippen LogP contribution in [0.4, 0.5) is 13.2 Å². The molecular formula is C12H22F3N3. The van der Waals surface area contributed by atoms with Crippen molar-refractivity contribution in [1.82, 2.24) is 14.7 Å². The molecule has 0 amide bonds. The van der Waals surface area contributed by atoms with E-state index in [0.29, 0.717) is 6.54 Å². The van der Waals surface area contributed by atoms with Gasteiger partial charge in [0.1, 0.15) is 5.54 Å². The van der Waals surface area contributed by atoms with Gasteiger partial charge in [0.05, 0.1) is 0 Å². The lowest BCUT2D eigenvalue weighted by Gasteiger charge is -2.37. The second kappa shape index (κ2) is 4.65. The number of rotatable bonds is 1. The lowest BCUT2D eigenvalue weighted by molar-refractivity contribution is -0.213. The van der Waals surface area contributed by atoms with Crippen LogP contribution in [-0.2, 0) is 0 Å². The van der Waals surface area contributed by atoms with Crippen molar-refractivity contribution in [3.63, 3.8) is 0 Å². The van der Waals surface area contributed by atoms with Gasteiger partial charge in [-0.2, -0.15) is 13.2 Å². The standard InChI is InChI=1S/C12H22F3N3/c1-11(12(13,14)15)8-10(9-17(11)3)18-6-4-16(2)5-7-18/h10H,4-9H2,1-3H3/t10?,11-/m0/s1. The van der Waals surface area contributed by atoms with Crippen LogP contribution < -0.4 is 0 Å². The first-order valence-corrected chi connectivity index (χ1v) is 6.44. The van der Waals surface area contributed by atoms with Crippen molar-refractivity contribution in [3.05, 3.63) is 0 Å². The number of alkyl halides is 3. The second-order valence-corrected chi connectivity index (χ2v) is 5.85. The zero-order valence-electron chi connectivity index (χ0n) is 11.3. The molecule has 0 aromatic rings. The number of likely N-dealkylation sites (tertiary alicyclic amines) is 1. The van der Waals surface area contributed by atoms with Crippen LogP contribution >= 0.6 is 0 Å². The van der Waals surface area contributed by atoms with Gasteiger partial charge in [0.2, 0.25) is 0 Å². The zero-order valence-corrected chi connectivity index (χ0v) is 11.3. The molecule has 2 atom stereocenters. The third kappa shape index (κ3) is 2.38. The van der Waals surface area contributed by atoms with Crippen LogP contribution in [0.5, 0.6) is 0 Å². The van der Waals surface area contributed by atoms with E-state index in [4.69, 9.17) is 0 Å². The molecule has 0 bridgehead atoms. The van der Waals surface area contributed by atoms with E-state index < -0.39 is 11.7 Å². The summed E-state index contributed by atoms with van der Waals surface area (Å²) >= 11 is 0. The highest BCUT2D eigenvalue weighted by Gasteiger charge is 2.58. The van der Waals surface area contributed by atoms with Crippen LogP contribution in [0.25, 0.3) is 0 Å². The lowest BCUT2D eigenvalue weighted by atomic mass is 9.96. The van der Waals surface area contributed by atoms with Crippen molar-refractivity contribution < 1.29 is 13.2 Å². The van der Waals surface area contributed by atoms with Gasteiger partial charge >= 0.3 is 6.18 Å². The molecule has 0 aromatic heterocycles. The third-order valence-corrected chi connectivity index (χ3v) is 4.63. The summed E-state index contributed by atoms with van der Waals surface area (Å²) < 4.78 is 39.4. The van der Waals surface area contributed by atoms with Gasteiger partial charge in [0.15, 0.2) is 0 Å². The predicted octanol–water partition coefficient (Wildman–Crippen LogP) is 1.26. The SMILES string of the molecule is CN1CCN(C2CN(C)[C@](C)(C(F)(F)F)C2)CC1. The number of hydrogen-bond acceptors (Lipinski definition) is 3. The van der Waals surface area contributed by atoms with E-state index in [0.717, 1.165) is 26.2 Å². The Morgan fingerprint density at radius 1 is 1.06 bits per heavy atom. The smallest absolute Gasteiger partial charge is 0.304 e. The Morgan fingerprint density at radius 2 is 1.61 bits per heavy atom. The van der Waals surface area contributed by atoms with Gasteiger partial charge in [-0.3, -0.25) is 9.80 Å². The molecule has 2 fully saturated rings. The van der Waals surface area contributed by atoms with Crippen molar-refractivity contribution in [2.24, 2.45) is 0 Å². The summed E-state index contributed by atoms with van der Waals surface area (Å²) in [5.41, 5.74) is -1.67. The average molecular weight is 265 g/mol. The first-order valence-electron chi connectivity index (χ1n) is 6.44. The molecular weight excluding hydrogens is 243 g/mol. The number of piperazine rings is 1. The van der Waals surface area contributed by atoms with Crippen LogP contribution in [-0.4, -0.2) is 79.3 Å². The van der Waals surface area contributed by atoms with Gasteiger partial charge in [-0.1, -0.05) is 0 Å². The number of likely N-dealkylation sites (N-methyl/N-ethyl adjacent to an activating group) is 2. The van der Waals surface area contributed by atoms with Crippen LogP contribution in [0.15, 0.2) is 0 Å². The quantitative estimate of drug-likeness (QED) is 0.707. The van der Waals surface area contributed by atoms with E-state index in [1.807, 2.05) is 0 Å². The highest BCUT2D eigenvalue weighted by atomic mass is 19.4. The maximum Gasteiger partial charge on any atom is 0.406 e. The molecule has 2 aliphatic heterocycles. The van der Waals surface area contributed by atoms with Crippen molar-refractivity contribution >= 4 is 0 Å². The Kier molecular flexibility index (Phi) is 3.64. The van der Waals surface area contributed by atoms with Crippen LogP contribution in [0.2, 0.25) is 0 Å². The third-order valence-electron chi connectivity index (χ3n) is 4.63. The number of halogens is 3. The Bertz CT molecular complexity index is 299. The molecule has 3 nitrogen and oxygen atoms in total. The van der Waals surface area contributed by atoms with Crippen molar-refractivity contribution in [2.75, 3.05) is 46.8 Å². The summed E-state index contributed by atoms with van der Waals surface area (Å²) in [7, 11) is 3.64. The molecule has 2 aliphatic rings. The highest BCUT2D eigenvalue weighted by molar-refractivity contribution is 5.03. The first kappa shape index (κ1) is 14.1. The zero-order chi connectivity index (χ0) is 13.6. The van der Waals surface area contributed by atoms with E-state index in [1.165, 1.54) is 11.8 Å². The predicted molar refractivity (Wildman–Crippen MR) is 64.6 cm³/mol. The molecule has 1 unspecified atom stereocenters. The van der Waals surface area contributed by atoms with Crippen LogP contribution in [0.1, 0.15) is 13.3 Å². The lowest BCUT2D eigenvalue weighted by Crippen LogP contribution is -2.51. The van der Waals surface area contributed by atoms with E-state index >= 15 is 0 Å². The monoisotopic (exact) mass is 265 g/mol. The fourth-order valence-electron chi connectivity index (χ4n) is 2.96. The topological polar surface area (TPSA) is 9.72 Å². The fraction of sp³-hybridized carbons (Fsp3) is 1.00. The first-order chi connectivity index (χ1) is 8.24. The van der Waals surface area contributed by atoms with Crippen molar-refractivity contribution in [3.8, 4) is 0 Å². The molecule has 106 valence electrons. The fourth-order valence-corrected chi connectivity index (χ4v) is 2.96. The number of nitrogens with zero attached hydrogens (tertiary/aromatic N) is 3. The van der Waals surface area contributed by atoms with Gasteiger partial charge in [-0.15, -0.1) is 0 Å². The summed E-state index contributed by atoms with van der Waals surface area (Å²) in [5, 5.41) is 0. The van der Waals surface area contributed by atoms with Crippen LogP contribution in [0.3, 0.4) is 0 Å². The molecule has 6 heteroatoms. The van der Waals surface area contributed by atoms with E-state index in [2.05, 4.69) is 16.8 Å². The van der Waals surface area contributed by atoms with Crippen LogP contribution in [0, 0.1) is 0 Å². The van der Waals surface area contributed by atoms with Gasteiger partial charge in [-0.05, 0) is 27.4 Å². The summed E-state index contributed by atoms with van der Waals surface area (Å²) in [5.74, 6) is 0. The van der Waals surface area contributed by atoms with Crippen molar-refractivity contribution in [1.29, 1.82) is 0 Å². The summed E-state index contributed by atoms with van der Waals surface area (Å²) in [6.45, 7) is 5.49. The Balaban J connectivity index is 2.02. The Labute approximate surface area is 107 Å². The molecule has 0 aromatic carbocycles. The van der Waals surface area contributed by atoms with E-state index in [9.17, 15) is 13.2 Å². The van der Waals surface area contributed by atoms with Gasteiger partial charge in [-0.25, -0.2) is 0 Å². The molecule has 2 heterocycles. The second-order valence-electron chi connectivity index (χ2n) is 5.85. The molecule has 2 saturated heterocycles. The maximum atomic E-state index is 13.1. The Hall–Kier alpha value is -0.330. The highest BCUT2D eigenvalue weighted by Crippen LogP contribution is 2.43. The molecule has 2 rings (SSSR count). The molecule has 0 N–H and O–H groups in total. The molecule has 0 radical (unpaired) electrons. The minimum absolute atomic E-state index is 0.0373. The normalized spacial score (nSPS) is 37.3. The minimum atomic E-state index is -4.15. The summed E-state index contributed by atoms with van der Waals surface area (Å²) in [6, 6.07) is 0.0373. The van der Waals surface area contributed by atoms with E-state index in [-0.39, 0.29) is 12.5 Å². The Morgan fingerprint density at radius 3 is 2.06 bits per heavy atom. The largest absolute Gasteiger partial charge is 0.406 e. The minimum Gasteiger partial charge on any atom is -0.304 e. The van der Waals surface area contributed by atoms with Gasteiger partial charge in [0, 0.05) is 38.8 Å². The van der Waals surface area contributed by atoms with E-state index in [1.54, 1.807) is 7.05 Å². The number of hydrogen-bond donors (Lipinski definition) is 0. The molecule has 0 saturated carbocycles. The maximum absolute atomic E-state index is 13.1. The molecule has 0 aliphatic carbocycles. The molecule has 18 heavy (non-hydrogen) atoms. The summed E-state index contributed by atoms with van der Waals surface area (Å²) in [6.07, 6.45) is -3.96.